The predicted octanol–water partition coefficient (Wildman–Crippen LogP) is 2.57. The maximum atomic E-state index is 13.4. The van der Waals surface area contributed by atoms with Crippen molar-refractivity contribution in [1.29, 1.82) is 0 Å². The first-order valence-electron chi connectivity index (χ1n) is 5.09. The average Bonchev–Trinajstić information content (AvgIpc) is 2.37. The van der Waals surface area contributed by atoms with Crippen LogP contribution in [0.1, 0.15) is 17.3 Å². The molecule has 0 aliphatic rings. The Bertz CT molecular complexity index is 468. The Hall–Kier alpha value is -1.24. The predicted molar refractivity (Wildman–Crippen MR) is 63.3 cm³/mol. The third-order valence-electron chi connectivity index (χ3n) is 2.25. The van der Waals surface area contributed by atoms with Gasteiger partial charge in [-0.05, 0) is 12.0 Å². The number of rotatable bonds is 4. The van der Waals surface area contributed by atoms with Crippen molar-refractivity contribution in [3.63, 3.8) is 0 Å². The summed E-state index contributed by atoms with van der Waals surface area (Å²) in [6, 6.07) is 0.415. The molecule has 18 heavy (non-hydrogen) atoms. The number of alkyl halides is 1. The molecule has 0 aliphatic carbocycles. The number of amides is 1. The Morgan fingerprint density at radius 2 is 2.06 bits per heavy atom. The van der Waals surface area contributed by atoms with Gasteiger partial charge in [0.25, 0.3) is 5.91 Å². The molecule has 0 heterocycles. The molecule has 3 nitrogen and oxygen atoms in total. The highest BCUT2D eigenvalue weighted by molar-refractivity contribution is 9.09. The first-order valence-corrected chi connectivity index (χ1v) is 6.21. The van der Waals surface area contributed by atoms with Gasteiger partial charge in [0.1, 0.15) is 0 Å². The van der Waals surface area contributed by atoms with Crippen LogP contribution in [0.25, 0.3) is 0 Å². The molecule has 0 saturated carbocycles. The summed E-state index contributed by atoms with van der Waals surface area (Å²) >= 11 is 3.19. The van der Waals surface area contributed by atoms with Gasteiger partial charge in [0.2, 0.25) is 5.82 Å². The lowest BCUT2D eigenvalue weighted by molar-refractivity contribution is 0.0943. The fraction of sp³-hybridized carbons (Fsp3) is 0.364. The number of carbonyl (C=O) groups is 1. The monoisotopic (exact) mass is 325 g/mol. The molecule has 1 rings (SSSR count). The number of carbonyl (C=O) groups excluding carboxylic acids is 1. The zero-order valence-electron chi connectivity index (χ0n) is 9.44. The van der Waals surface area contributed by atoms with Gasteiger partial charge >= 0.3 is 0 Å². The molecular formula is C11H11BrF3NO2. The van der Waals surface area contributed by atoms with E-state index in [-0.39, 0.29) is 12.5 Å². The molecule has 0 spiro atoms. The van der Waals surface area contributed by atoms with Gasteiger partial charge in [-0.15, -0.1) is 0 Å². The highest BCUT2D eigenvalue weighted by Crippen LogP contribution is 2.25. The van der Waals surface area contributed by atoms with E-state index in [2.05, 4.69) is 21.2 Å². The molecule has 1 unspecified atom stereocenters. The van der Waals surface area contributed by atoms with E-state index in [9.17, 15) is 18.0 Å². The second-order valence-corrected chi connectivity index (χ2v) is 4.50. The fourth-order valence-corrected chi connectivity index (χ4v) is 1.40. The van der Waals surface area contributed by atoms with Crippen molar-refractivity contribution in [1.82, 2.24) is 5.32 Å². The quantitative estimate of drug-likeness (QED) is 0.660. The highest BCUT2D eigenvalue weighted by Gasteiger charge is 2.22. The summed E-state index contributed by atoms with van der Waals surface area (Å²) in [4.78, 5) is 11.5. The molecule has 0 fully saturated rings. The van der Waals surface area contributed by atoms with E-state index in [0.717, 1.165) is 0 Å². The summed E-state index contributed by atoms with van der Waals surface area (Å²) in [6.07, 6.45) is 0. The third-order valence-corrected chi connectivity index (χ3v) is 3.36. The molecule has 1 aromatic carbocycles. The van der Waals surface area contributed by atoms with E-state index in [1.54, 1.807) is 0 Å². The van der Waals surface area contributed by atoms with Gasteiger partial charge in [0.05, 0.1) is 5.56 Å². The molecule has 0 bridgehead atoms. The lowest BCUT2D eigenvalue weighted by atomic mass is 10.1. The normalized spacial score (nSPS) is 12.3. The number of hydrogen-bond donors (Lipinski definition) is 2. The minimum Gasteiger partial charge on any atom is -0.503 e. The van der Waals surface area contributed by atoms with E-state index < -0.39 is 34.7 Å². The van der Waals surface area contributed by atoms with Crippen LogP contribution in [0.4, 0.5) is 13.2 Å². The van der Waals surface area contributed by atoms with Gasteiger partial charge in [-0.25, -0.2) is 8.78 Å². The molecule has 0 aromatic heterocycles. The van der Waals surface area contributed by atoms with E-state index in [1.807, 2.05) is 6.92 Å². The van der Waals surface area contributed by atoms with Crippen LogP contribution in [-0.4, -0.2) is 22.9 Å². The summed E-state index contributed by atoms with van der Waals surface area (Å²) in [5.74, 6) is -6.97. The molecular weight excluding hydrogens is 315 g/mol. The number of halogens is 4. The van der Waals surface area contributed by atoms with Gasteiger partial charge in [0.15, 0.2) is 17.4 Å². The molecule has 0 radical (unpaired) electrons. The summed E-state index contributed by atoms with van der Waals surface area (Å²) in [6.45, 7) is 2.07. The van der Waals surface area contributed by atoms with Crippen LogP contribution in [0.2, 0.25) is 0 Å². The molecule has 1 atom stereocenters. The second kappa shape index (κ2) is 6.08. The Morgan fingerprint density at radius 1 is 1.44 bits per heavy atom. The average molecular weight is 326 g/mol. The first kappa shape index (κ1) is 14.8. The number of hydrogen-bond acceptors (Lipinski definition) is 2. The number of aromatic hydroxyl groups is 1. The van der Waals surface area contributed by atoms with Gasteiger partial charge in [-0.2, -0.15) is 4.39 Å². The van der Waals surface area contributed by atoms with Gasteiger partial charge in [0, 0.05) is 11.9 Å². The van der Waals surface area contributed by atoms with Crippen LogP contribution in [0, 0.1) is 23.4 Å². The first-order chi connectivity index (χ1) is 8.38. The molecule has 0 aliphatic heterocycles. The van der Waals surface area contributed by atoms with Crippen LogP contribution in [0.15, 0.2) is 6.07 Å². The van der Waals surface area contributed by atoms with Crippen molar-refractivity contribution in [3.05, 3.63) is 29.1 Å². The van der Waals surface area contributed by atoms with Crippen LogP contribution < -0.4 is 5.32 Å². The van der Waals surface area contributed by atoms with Crippen molar-refractivity contribution in [2.24, 2.45) is 5.92 Å². The van der Waals surface area contributed by atoms with Gasteiger partial charge in [-0.1, -0.05) is 22.9 Å². The van der Waals surface area contributed by atoms with E-state index in [4.69, 9.17) is 5.11 Å². The molecule has 1 aromatic rings. The zero-order chi connectivity index (χ0) is 13.9. The van der Waals surface area contributed by atoms with Crippen molar-refractivity contribution in [2.75, 3.05) is 11.9 Å². The van der Waals surface area contributed by atoms with E-state index in [0.29, 0.717) is 11.4 Å². The molecule has 100 valence electrons. The van der Waals surface area contributed by atoms with Crippen molar-refractivity contribution >= 4 is 21.8 Å². The Morgan fingerprint density at radius 3 is 2.61 bits per heavy atom. The molecule has 2 N–H and O–H groups in total. The highest BCUT2D eigenvalue weighted by atomic mass is 79.9. The molecule has 1 amide bonds. The van der Waals surface area contributed by atoms with Crippen molar-refractivity contribution in [3.8, 4) is 5.75 Å². The molecule has 0 saturated heterocycles. The lowest BCUT2D eigenvalue weighted by Crippen LogP contribution is -2.29. The lowest BCUT2D eigenvalue weighted by Gasteiger charge is -2.11. The fourth-order valence-electron chi connectivity index (χ4n) is 1.17. The zero-order valence-corrected chi connectivity index (χ0v) is 11.0. The van der Waals surface area contributed by atoms with E-state index >= 15 is 0 Å². The SMILES string of the molecule is CC(CBr)CNC(=O)c1cc(F)c(F)c(O)c1F. The second-order valence-electron chi connectivity index (χ2n) is 3.85. The van der Waals surface area contributed by atoms with E-state index in [1.165, 1.54) is 0 Å². The minimum absolute atomic E-state index is 0.0934. The van der Waals surface area contributed by atoms with Crippen LogP contribution in [0.5, 0.6) is 5.75 Å². The Labute approximate surface area is 110 Å². The summed E-state index contributed by atoms with van der Waals surface area (Å²) < 4.78 is 39.1. The Kier molecular flexibility index (Phi) is 5.01. The number of nitrogens with one attached hydrogen (secondary N) is 1. The maximum Gasteiger partial charge on any atom is 0.254 e. The smallest absolute Gasteiger partial charge is 0.254 e. The van der Waals surface area contributed by atoms with Crippen molar-refractivity contribution in [2.45, 2.75) is 6.92 Å². The molecule has 7 heteroatoms. The summed E-state index contributed by atoms with van der Waals surface area (Å²) in [5, 5.41) is 11.9. The standard InChI is InChI=1S/C11H11BrF3NO2/c1-5(3-12)4-16-11(18)6-2-7(13)9(15)10(17)8(6)14/h2,5,17H,3-4H2,1H3,(H,16,18). The number of phenolic OH excluding ortho intramolecular Hbond substituents is 1. The summed E-state index contributed by atoms with van der Waals surface area (Å²) in [7, 11) is 0. The van der Waals surface area contributed by atoms with Crippen molar-refractivity contribution < 1.29 is 23.1 Å². The van der Waals surface area contributed by atoms with Crippen LogP contribution in [-0.2, 0) is 0 Å². The van der Waals surface area contributed by atoms with Crippen LogP contribution in [0.3, 0.4) is 0 Å². The minimum atomic E-state index is -1.71. The Balaban J connectivity index is 2.93. The topological polar surface area (TPSA) is 49.3 Å². The van der Waals surface area contributed by atoms with Gasteiger partial charge in [-0.3, -0.25) is 4.79 Å². The third kappa shape index (κ3) is 3.16. The summed E-state index contributed by atoms with van der Waals surface area (Å²) in [5.41, 5.74) is -0.729. The maximum absolute atomic E-state index is 13.4. The largest absolute Gasteiger partial charge is 0.503 e. The van der Waals surface area contributed by atoms with Crippen LogP contribution >= 0.6 is 15.9 Å². The van der Waals surface area contributed by atoms with Gasteiger partial charge < -0.3 is 10.4 Å². The number of benzene rings is 1. The number of phenols is 1.